The van der Waals surface area contributed by atoms with Crippen molar-refractivity contribution in [2.45, 2.75) is 44.8 Å². The summed E-state index contributed by atoms with van der Waals surface area (Å²) in [5.41, 5.74) is 0. The zero-order valence-electron chi connectivity index (χ0n) is 9.36. The van der Waals surface area contributed by atoms with Crippen LogP contribution in [0.3, 0.4) is 0 Å². The number of halogens is 3. The van der Waals surface area contributed by atoms with Gasteiger partial charge in [0.2, 0.25) is 0 Å². The summed E-state index contributed by atoms with van der Waals surface area (Å²) in [6.45, 7) is 2.73. The molecule has 0 rings (SSSR count). The van der Waals surface area contributed by atoms with Crippen molar-refractivity contribution < 1.29 is 17.9 Å². The monoisotopic (exact) mass is 227 g/mol. The second-order valence-corrected chi connectivity index (χ2v) is 3.57. The van der Waals surface area contributed by atoms with Gasteiger partial charge in [-0.25, -0.2) is 0 Å². The number of hydrogen-bond donors (Lipinski definition) is 1. The van der Waals surface area contributed by atoms with Gasteiger partial charge in [0.05, 0.1) is 6.61 Å². The third-order valence-electron chi connectivity index (χ3n) is 2.11. The van der Waals surface area contributed by atoms with Crippen LogP contribution in [0.4, 0.5) is 13.2 Å². The van der Waals surface area contributed by atoms with E-state index in [1.165, 1.54) is 0 Å². The van der Waals surface area contributed by atoms with Gasteiger partial charge in [-0.3, -0.25) is 0 Å². The first-order valence-electron chi connectivity index (χ1n) is 5.31. The van der Waals surface area contributed by atoms with Crippen LogP contribution in [0, 0.1) is 0 Å². The second-order valence-electron chi connectivity index (χ2n) is 3.57. The Morgan fingerprint density at radius 1 is 1.33 bits per heavy atom. The molecule has 2 nitrogen and oxygen atoms in total. The van der Waals surface area contributed by atoms with Crippen molar-refractivity contribution in [2.24, 2.45) is 0 Å². The fourth-order valence-electron chi connectivity index (χ4n) is 1.26. The number of alkyl halides is 3. The van der Waals surface area contributed by atoms with Gasteiger partial charge in [-0.1, -0.05) is 13.3 Å². The van der Waals surface area contributed by atoms with Crippen molar-refractivity contribution in [1.29, 1.82) is 0 Å². The highest BCUT2D eigenvalue weighted by atomic mass is 19.4. The summed E-state index contributed by atoms with van der Waals surface area (Å²) in [5.74, 6) is 0. The summed E-state index contributed by atoms with van der Waals surface area (Å²) < 4.78 is 40.5. The van der Waals surface area contributed by atoms with Gasteiger partial charge in [0.25, 0.3) is 0 Å². The lowest BCUT2D eigenvalue weighted by Gasteiger charge is -2.15. The zero-order valence-corrected chi connectivity index (χ0v) is 9.36. The Morgan fingerprint density at radius 3 is 2.47 bits per heavy atom. The van der Waals surface area contributed by atoms with Gasteiger partial charge in [-0.05, 0) is 19.9 Å². The van der Waals surface area contributed by atoms with E-state index in [4.69, 9.17) is 4.74 Å². The molecule has 0 aliphatic carbocycles. The molecule has 0 fully saturated rings. The lowest BCUT2D eigenvalue weighted by atomic mass is 10.2. The number of ether oxygens (including phenoxy) is 1. The Bertz CT molecular complexity index is 150. The fourth-order valence-corrected chi connectivity index (χ4v) is 1.26. The fraction of sp³-hybridized carbons (Fsp3) is 1.00. The topological polar surface area (TPSA) is 21.3 Å². The molecule has 0 spiro atoms. The molecule has 92 valence electrons. The van der Waals surface area contributed by atoms with Crippen LogP contribution in [-0.2, 0) is 4.74 Å². The van der Waals surface area contributed by atoms with Crippen LogP contribution in [-0.4, -0.2) is 32.5 Å². The lowest BCUT2D eigenvalue weighted by Crippen LogP contribution is -2.30. The Hall–Kier alpha value is -0.290. The molecule has 5 heteroatoms. The molecule has 0 aliphatic heterocycles. The first kappa shape index (κ1) is 14.7. The number of nitrogens with one attached hydrogen (secondary N) is 1. The molecular weight excluding hydrogens is 207 g/mol. The molecule has 0 aromatic heterocycles. The summed E-state index contributed by atoms with van der Waals surface area (Å²) in [6.07, 6.45) is -2.75. The predicted molar refractivity (Wildman–Crippen MR) is 53.9 cm³/mol. The van der Waals surface area contributed by atoms with Crippen molar-refractivity contribution >= 4 is 0 Å². The molecule has 1 N–H and O–H groups in total. The van der Waals surface area contributed by atoms with E-state index in [1.807, 2.05) is 7.05 Å². The highest BCUT2D eigenvalue weighted by Gasteiger charge is 2.25. The van der Waals surface area contributed by atoms with Gasteiger partial charge in [-0.15, -0.1) is 0 Å². The summed E-state index contributed by atoms with van der Waals surface area (Å²) in [5, 5.41) is 3.06. The minimum absolute atomic E-state index is 0.0477. The normalized spacial score (nSPS) is 14.2. The molecule has 1 unspecified atom stereocenters. The van der Waals surface area contributed by atoms with Crippen molar-refractivity contribution in [2.75, 3.05) is 20.3 Å². The van der Waals surface area contributed by atoms with Crippen LogP contribution in [0.2, 0.25) is 0 Å². The minimum atomic E-state index is -4.06. The van der Waals surface area contributed by atoms with Crippen molar-refractivity contribution in [3.63, 3.8) is 0 Å². The average molecular weight is 227 g/mol. The molecule has 0 bridgehead atoms. The van der Waals surface area contributed by atoms with Gasteiger partial charge in [-0.2, -0.15) is 13.2 Å². The molecule has 0 aromatic rings. The van der Waals surface area contributed by atoms with Crippen LogP contribution >= 0.6 is 0 Å². The second kappa shape index (κ2) is 7.93. The molecule has 0 saturated heterocycles. The quantitative estimate of drug-likeness (QED) is 0.644. The van der Waals surface area contributed by atoms with E-state index in [0.29, 0.717) is 6.61 Å². The molecule has 15 heavy (non-hydrogen) atoms. The smallest absolute Gasteiger partial charge is 0.380 e. The SMILES string of the molecule is CCCC(COCCCC(F)(F)F)NC. The molecule has 0 amide bonds. The summed E-state index contributed by atoms with van der Waals surface area (Å²) >= 11 is 0. The Labute approximate surface area is 89.2 Å². The van der Waals surface area contributed by atoms with Gasteiger partial charge in [0.1, 0.15) is 0 Å². The van der Waals surface area contributed by atoms with Crippen molar-refractivity contribution in [1.82, 2.24) is 5.32 Å². The van der Waals surface area contributed by atoms with Gasteiger partial charge in [0.15, 0.2) is 0 Å². The largest absolute Gasteiger partial charge is 0.389 e. The highest BCUT2D eigenvalue weighted by Crippen LogP contribution is 2.20. The van der Waals surface area contributed by atoms with E-state index in [1.54, 1.807) is 0 Å². The van der Waals surface area contributed by atoms with Crippen LogP contribution in [0.1, 0.15) is 32.6 Å². The van der Waals surface area contributed by atoms with Crippen molar-refractivity contribution in [3.05, 3.63) is 0 Å². The standard InChI is InChI=1S/C10H20F3NO/c1-3-5-9(14-2)8-15-7-4-6-10(11,12)13/h9,14H,3-8H2,1-2H3. The summed E-state index contributed by atoms with van der Waals surface area (Å²) in [4.78, 5) is 0. The average Bonchev–Trinajstić information content (AvgIpc) is 2.14. The number of rotatable bonds is 8. The Morgan fingerprint density at radius 2 is 2.00 bits per heavy atom. The third-order valence-corrected chi connectivity index (χ3v) is 2.11. The summed E-state index contributed by atoms with van der Waals surface area (Å²) in [6, 6.07) is 0.251. The highest BCUT2D eigenvalue weighted by molar-refractivity contribution is 4.62. The van der Waals surface area contributed by atoms with E-state index in [-0.39, 0.29) is 19.1 Å². The van der Waals surface area contributed by atoms with Gasteiger partial charge in [0, 0.05) is 19.1 Å². The van der Waals surface area contributed by atoms with Gasteiger partial charge >= 0.3 is 6.18 Å². The molecule has 0 aliphatic rings. The van der Waals surface area contributed by atoms with E-state index < -0.39 is 12.6 Å². The lowest BCUT2D eigenvalue weighted by molar-refractivity contribution is -0.138. The molecule has 0 aromatic carbocycles. The first-order valence-corrected chi connectivity index (χ1v) is 5.31. The summed E-state index contributed by atoms with van der Waals surface area (Å²) in [7, 11) is 1.83. The van der Waals surface area contributed by atoms with E-state index in [2.05, 4.69) is 12.2 Å². The first-order chi connectivity index (χ1) is 6.99. The van der Waals surface area contributed by atoms with E-state index in [0.717, 1.165) is 12.8 Å². The molecule has 0 heterocycles. The van der Waals surface area contributed by atoms with Crippen LogP contribution in [0.5, 0.6) is 0 Å². The maximum Gasteiger partial charge on any atom is 0.389 e. The Balaban J connectivity index is 3.36. The van der Waals surface area contributed by atoms with Crippen LogP contribution in [0.15, 0.2) is 0 Å². The number of likely N-dealkylation sites (N-methyl/N-ethyl adjacent to an activating group) is 1. The van der Waals surface area contributed by atoms with Crippen LogP contribution in [0.25, 0.3) is 0 Å². The minimum Gasteiger partial charge on any atom is -0.380 e. The van der Waals surface area contributed by atoms with E-state index >= 15 is 0 Å². The molecule has 1 atom stereocenters. The van der Waals surface area contributed by atoms with E-state index in [9.17, 15) is 13.2 Å². The zero-order chi connectivity index (χ0) is 11.7. The Kier molecular flexibility index (Phi) is 7.78. The van der Waals surface area contributed by atoms with Crippen molar-refractivity contribution in [3.8, 4) is 0 Å². The predicted octanol–water partition coefficient (Wildman–Crippen LogP) is 2.73. The van der Waals surface area contributed by atoms with Crippen LogP contribution < -0.4 is 5.32 Å². The maximum atomic E-state index is 11.8. The molecular formula is C10H20F3NO. The number of hydrogen-bond acceptors (Lipinski definition) is 2. The van der Waals surface area contributed by atoms with Gasteiger partial charge < -0.3 is 10.1 Å². The maximum absolute atomic E-state index is 11.8. The molecule has 0 radical (unpaired) electrons. The molecule has 0 saturated carbocycles. The third kappa shape index (κ3) is 10.0.